The Morgan fingerprint density at radius 1 is 1.00 bits per heavy atom. The van der Waals surface area contributed by atoms with Gasteiger partial charge in [0.25, 0.3) is 0 Å². The lowest BCUT2D eigenvalue weighted by molar-refractivity contribution is 0.252. The van der Waals surface area contributed by atoms with E-state index in [1.807, 2.05) is 49.4 Å². The number of nitrogens with one attached hydrogen (secondary N) is 2. The monoisotopic (exact) mass is 268 g/mol. The normalized spacial score (nSPS) is 10.1. The highest BCUT2D eigenvalue weighted by atomic mass is 16.2. The highest BCUT2D eigenvalue weighted by molar-refractivity contribution is 5.89. The average molecular weight is 268 g/mol. The van der Waals surface area contributed by atoms with Gasteiger partial charge in [-0.25, -0.2) is 4.79 Å². The largest absolute Gasteiger partial charge is 0.338 e. The van der Waals surface area contributed by atoms with Gasteiger partial charge in [-0.15, -0.1) is 0 Å². The van der Waals surface area contributed by atoms with E-state index in [0.29, 0.717) is 6.54 Å². The van der Waals surface area contributed by atoms with Gasteiger partial charge < -0.3 is 10.6 Å². The average Bonchev–Trinajstić information content (AvgIpc) is 2.47. The lowest BCUT2D eigenvalue weighted by Crippen LogP contribution is -2.30. The Morgan fingerprint density at radius 3 is 2.45 bits per heavy atom. The molecule has 0 heterocycles. The predicted molar refractivity (Wildman–Crippen MR) is 83.0 cm³/mol. The summed E-state index contributed by atoms with van der Waals surface area (Å²) in [6.45, 7) is 2.65. The van der Waals surface area contributed by atoms with Gasteiger partial charge in [-0.2, -0.15) is 0 Å². The molecule has 0 fully saturated rings. The van der Waals surface area contributed by atoms with Crippen LogP contribution < -0.4 is 10.6 Å². The van der Waals surface area contributed by atoms with E-state index in [4.69, 9.17) is 0 Å². The summed E-state index contributed by atoms with van der Waals surface area (Å²) in [5.74, 6) is 0. The highest BCUT2D eigenvalue weighted by Gasteiger charge is 2.02. The van der Waals surface area contributed by atoms with Crippen LogP contribution in [0.3, 0.4) is 0 Å². The van der Waals surface area contributed by atoms with Crippen molar-refractivity contribution < 1.29 is 4.79 Å². The summed E-state index contributed by atoms with van der Waals surface area (Å²) in [5.41, 5.74) is 3.22. The number of amides is 2. The van der Waals surface area contributed by atoms with Crippen molar-refractivity contribution in [2.45, 2.75) is 19.8 Å². The molecule has 0 aliphatic heterocycles. The lowest BCUT2D eigenvalue weighted by Gasteiger charge is -2.09. The molecule has 2 rings (SSSR count). The van der Waals surface area contributed by atoms with Crippen LogP contribution in [0.2, 0.25) is 0 Å². The van der Waals surface area contributed by atoms with E-state index in [0.717, 1.165) is 24.1 Å². The fourth-order valence-corrected chi connectivity index (χ4v) is 2.02. The van der Waals surface area contributed by atoms with Gasteiger partial charge in [0.1, 0.15) is 0 Å². The number of aryl methyl sites for hydroxylation is 2. The third-order valence-electron chi connectivity index (χ3n) is 3.16. The summed E-state index contributed by atoms with van der Waals surface area (Å²) in [4.78, 5) is 11.8. The molecule has 0 aliphatic carbocycles. The van der Waals surface area contributed by atoms with Crippen molar-refractivity contribution >= 4 is 11.7 Å². The minimum absolute atomic E-state index is 0.146. The molecule has 2 N–H and O–H groups in total. The Hall–Kier alpha value is -2.29. The molecular weight excluding hydrogens is 248 g/mol. The molecule has 0 saturated heterocycles. The second-order valence-electron chi connectivity index (χ2n) is 4.78. The molecule has 3 heteroatoms. The van der Waals surface area contributed by atoms with E-state index in [1.54, 1.807) is 0 Å². The van der Waals surface area contributed by atoms with E-state index in [2.05, 4.69) is 22.8 Å². The van der Waals surface area contributed by atoms with Crippen molar-refractivity contribution in [2.24, 2.45) is 0 Å². The SMILES string of the molecule is Cc1ccccc1NC(=O)NCCCc1ccccc1. The zero-order chi connectivity index (χ0) is 14.2. The molecule has 0 bridgehead atoms. The predicted octanol–water partition coefficient (Wildman–Crippen LogP) is 3.75. The molecule has 0 spiro atoms. The van der Waals surface area contributed by atoms with Crippen LogP contribution >= 0.6 is 0 Å². The third-order valence-corrected chi connectivity index (χ3v) is 3.16. The molecule has 20 heavy (non-hydrogen) atoms. The van der Waals surface area contributed by atoms with Gasteiger partial charge in [0.05, 0.1) is 0 Å². The van der Waals surface area contributed by atoms with Crippen LogP contribution in [0.15, 0.2) is 54.6 Å². The van der Waals surface area contributed by atoms with Crippen LogP contribution in [0.1, 0.15) is 17.5 Å². The summed E-state index contributed by atoms with van der Waals surface area (Å²) >= 11 is 0. The van der Waals surface area contributed by atoms with Gasteiger partial charge in [-0.3, -0.25) is 0 Å². The number of carbonyl (C=O) groups is 1. The summed E-state index contributed by atoms with van der Waals surface area (Å²) in [7, 11) is 0. The minimum Gasteiger partial charge on any atom is -0.338 e. The number of carbonyl (C=O) groups excluding carboxylic acids is 1. The van der Waals surface area contributed by atoms with Gasteiger partial charge in [-0.05, 0) is 37.0 Å². The number of anilines is 1. The smallest absolute Gasteiger partial charge is 0.319 e. The fraction of sp³-hybridized carbons (Fsp3) is 0.235. The fourth-order valence-electron chi connectivity index (χ4n) is 2.02. The van der Waals surface area contributed by atoms with Crippen LogP contribution in [-0.2, 0) is 6.42 Å². The van der Waals surface area contributed by atoms with E-state index in [1.165, 1.54) is 5.56 Å². The molecule has 3 nitrogen and oxygen atoms in total. The number of hydrogen-bond donors (Lipinski definition) is 2. The Morgan fingerprint density at radius 2 is 1.70 bits per heavy atom. The Kier molecular flexibility index (Phi) is 5.18. The first-order chi connectivity index (χ1) is 9.75. The molecule has 2 amide bonds. The van der Waals surface area contributed by atoms with Gasteiger partial charge in [-0.1, -0.05) is 48.5 Å². The molecule has 0 radical (unpaired) electrons. The van der Waals surface area contributed by atoms with E-state index < -0.39 is 0 Å². The number of rotatable bonds is 5. The second kappa shape index (κ2) is 7.34. The Bertz CT molecular complexity index is 552. The van der Waals surface area contributed by atoms with Crippen molar-refractivity contribution in [1.82, 2.24) is 5.32 Å². The Labute approximate surface area is 120 Å². The maximum absolute atomic E-state index is 11.8. The van der Waals surface area contributed by atoms with E-state index in [9.17, 15) is 4.79 Å². The van der Waals surface area contributed by atoms with Crippen molar-refractivity contribution in [3.63, 3.8) is 0 Å². The molecule has 0 aromatic heterocycles. The first kappa shape index (κ1) is 14.1. The van der Waals surface area contributed by atoms with Crippen LogP contribution in [-0.4, -0.2) is 12.6 Å². The zero-order valence-electron chi connectivity index (χ0n) is 11.7. The van der Waals surface area contributed by atoms with Crippen molar-refractivity contribution in [2.75, 3.05) is 11.9 Å². The van der Waals surface area contributed by atoms with E-state index >= 15 is 0 Å². The van der Waals surface area contributed by atoms with Crippen LogP contribution in [0.5, 0.6) is 0 Å². The first-order valence-corrected chi connectivity index (χ1v) is 6.90. The van der Waals surface area contributed by atoms with Crippen molar-refractivity contribution in [1.29, 1.82) is 0 Å². The summed E-state index contributed by atoms with van der Waals surface area (Å²) < 4.78 is 0. The van der Waals surface area contributed by atoms with Crippen LogP contribution in [0, 0.1) is 6.92 Å². The number of hydrogen-bond acceptors (Lipinski definition) is 1. The van der Waals surface area contributed by atoms with Crippen molar-refractivity contribution in [3.8, 4) is 0 Å². The van der Waals surface area contributed by atoms with Crippen LogP contribution in [0.4, 0.5) is 10.5 Å². The summed E-state index contributed by atoms with van der Waals surface area (Å²) in [6.07, 6.45) is 1.91. The quantitative estimate of drug-likeness (QED) is 0.797. The van der Waals surface area contributed by atoms with Gasteiger partial charge >= 0.3 is 6.03 Å². The van der Waals surface area contributed by atoms with Gasteiger partial charge in [0.15, 0.2) is 0 Å². The molecule has 104 valence electrons. The van der Waals surface area contributed by atoms with Gasteiger partial charge in [0.2, 0.25) is 0 Å². The van der Waals surface area contributed by atoms with Gasteiger partial charge in [0, 0.05) is 12.2 Å². The minimum atomic E-state index is -0.146. The number of para-hydroxylation sites is 1. The summed E-state index contributed by atoms with van der Waals surface area (Å²) in [6, 6.07) is 17.9. The van der Waals surface area contributed by atoms with E-state index in [-0.39, 0.29) is 6.03 Å². The summed E-state index contributed by atoms with van der Waals surface area (Å²) in [5, 5.41) is 5.74. The molecule has 0 unspecified atom stereocenters. The standard InChI is InChI=1S/C17H20N2O/c1-14-8-5-6-12-16(14)19-17(20)18-13-7-11-15-9-3-2-4-10-15/h2-6,8-10,12H,7,11,13H2,1H3,(H2,18,19,20). The maximum Gasteiger partial charge on any atom is 0.319 e. The third kappa shape index (κ3) is 4.43. The Balaban J connectivity index is 1.69. The highest BCUT2D eigenvalue weighted by Crippen LogP contribution is 2.12. The second-order valence-corrected chi connectivity index (χ2v) is 4.78. The number of benzene rings is 2. The molecule has 2 aromatic carbocycles. The van der Waals surface area contributed by atoms with Crippen molar-refractivity contribution in [3.05, 3.63) is 65.7 Å². The topological polar surface area (TPSA) is 41.1 Å². The molecule has 0 atom stereocenters. The first-order valence-electron chi connectivity index (χ1n) is 6.90. The van der Waals surface area contributed by atoms with Crippen LogP contribution in [0.25, 0.3) is 0 Å². The zero-order valence-corrected chi connectivity index (χ0v) is 11.7. The maximum atomic E-state index is 11.8. The molecule has 0 aliphatic rings. The molecular formula is C17H20N2O. The molecule has 2 aromatic rings. The number of urea groups is 1. The lowest BCUT2D eigenvalue weighted by atomic mass is 10.1. The molecule has 0 saturated carbocycles.